The number of nitrogens with zero attached hydrogens (tertiary/aromatic N) is 3. The van der Waals surface area contributed by atoms with Crippen LogP contribution in [0.3, 0.4) is 0 Å². The molecule has 1 heterocycles. The van der Waals surface area contributed by atoms with Crippen LogP contribution < -0.4 is 0 Å². The highest BCUT2D eigenvalue weighted by Gasteiger charge is 2.26. The van der Waals surface area contributed by atoms with Gasteiger partial charge in [0.05, 0.1) is 6.61 Å². The molecule has 0 spiro atoms. The van der Waals surface area contributed by atoms with E-state index in [2.05, 4.69) is 24.3 Å². The van der Waals surface area contributed by atoms with Gasteiger partial charge in [-0.1, -0.05) is 30.3 Å². The number of rotatable bonds is 6. The average Bonchev–Trinajstić information content (AvgIpc) is 2.65. The van der Waals surface area contributed by atoms with Gasteiger partial charge in [-0.05, 0) is 31.7 Å². The largest absolute Gasteiger partial charge is 0.450 e. The number of benzene rings is 1. The van der Waals surface area contributed by atoms with Crippen LogP contribution in [0, 0.1) is 0 Å². The molecular formula is C19H29N3O3. The molecule has 0 aromatic heterocycles. The van der Waals surface area contributed by atoms with Crippen LogP contribution in [-0.2, 0) is 11.2 Å². The Hall–Kier alpha value is -2.24. The van der Waals surface area contributed by atoms with Crippen molar-refractivity contribution in [1.29, 1.82) is 0 Å². The van der Waals surface area contributed by atoms with Crippen molar-refractivity contribution in [3.8, 4) is 0 Å². The number of piperazine rings is 1. The smallest absolute Gasteiger partial charge is 0.409 e. The first-order valence-corrected chi connectivity index (χ1v) is 9.07. The van der Waals surface area contributed by atoms with Gasteiger partial charge in [0, 0.05) is 39.8 Å². The summed E-state index contributed by atoms with van der Waals surface area (Å²) in [5.74, 6) is 0. The summed E-state index contributed by atoms with van der Waals surface area (Å²) in [5.41, 5.74) is 1.34. The standard InChI is InChI=1S/C19H29N3O3/c1-3-25-19(24)22-15-13-21(14-16-22)18(23)20(2)12-8-7-11-17-9-5-4-6-10-17/h4-6,9-10H,3,7-8,11-16H2,1-2H3. The maximum atomic E-state index is 12.5. The summed E-state index contributed by atoms with van der Waals surface area (Å²) in [6.07, 6.45) is 2.81. The molecule has 0 bridgehead atoms. The molecule has 138 valence electrons. The molecule has 0 unspecified atom stereocenters. The average molecular weight is 347 g/mol. The van der Waals surface area contributed by atoms with Gasteiger partial charge in [-0.3, -0.25) is 0 Å². The number of hydrogen-bond donors (Lipinski definition) is 0. The minimum Gasteiger partial charge on any atom is -0.450 e. The lowest BCUT2D eigenvalue weighted by Gasteiger charge is -2.36. The van der Waals surface area contributed by atoms with Gasteiger partial charge in [0.2, 0.25) is 0 Å². The van der Waals surface area contributed by atoms with E-state index >= 15 is 0 Å². The number of amides is 3. The monoisotopic (exact) mass is 347 g/mol. The maximum Gasteiger partial charge on any atom is 0.409 e. The third-order valence-corrected chi connectivity index (χ3v) is 4.45. The van der Waals surface area contributed by atoms with Crippen LogP contribution in [-0.4, -0.2) is 73.2 Å². The molecule has 1 aliphatic rings. The highest BCUT2D eigenvalue weighted by Crippen LogP contribution is 2.09. The van der Waals surface area contributed by atoms with E-state index < -0.39 is 0 Å². The second kappa shape index (κ2) is 9.91. The number of ether oxygens (including phenoxy) is 1. The Morgan fingerprint density at radius 3 is 2.32 bits per heavy atom. The Kier molecular flexibility index (Phi) is 7.57. The van der Waals surface area contributed by atoms with Crippen molar-refractivity contribution in [3.63, 3.8) is 0 Å². The zero-order valence-corrected chi connectivity index (χ0v) is 15.3. The molecule has 1 saturated heterocycles. The Balaban J connectivity index is 1.65. The zero-order valence-electron chi connectivity index (χ0n) is 15.3. The predicted octanol–water partition coefficient (Wildman–Crippen LogP) is 2.84. The molecule has 1 fully saturated rings. The van der Waals surface area contributed by atoms with Gasteiger partial charge in [0.25, 0.3) is 0 Å². The van der Waals surface area contributed by atoms with E-state index in [4.69, 9.17) is 4.74 Å². The normalized spacial score (nSPS) is 14.3. The third kappa shape index (κ3) is 5.96. The van der Waals surface area contributed by atoms with Gasteiger partial charge >= 0.3 is 12.1 Å². The number of urea groups is 1. The number of aryl methyl sites for hydroxylation is 1. The number of carbonyl (C=O) groups is 2. The molecule has 6 nitrogen and oxygen atoms in total. The van der Waals surface area contributed by atoms with E-state index in [0.717, 1.165) is 25.8 Å². The van der Waals surface area contributed by atoms with Crippen molar-refractivity contribution >= 4 is 12.1 Å². The molecule has 0 saturated carbocycles. The first kappa shape index (κ1) is 19.1. The first-order valence-electron chi connectivity index (χ1n) is 9.07. The van der Waals surface area contributed by atoms with Crippen LogP contribution in [0.15, 0.2) is 30.3 Å². The highest BCUT2D eigenvalue weighted by molar-refractivity contribution is 5.75. The van der Waals surface area contributed by atoms with Crippen LogP contribution in [0.2, 0.25) is 0 Å². The summed E-state index contributed by atoms with van der Waals surface area (Å²) in [4.78, 5) is 29.4. The fourth-order valence-corrected chi connectivity index (χ4v) is 2.95. The van der Waals surface area contributed by atoms with Gasteiger partial charge in [-0.2, -0.15) is 0 Å². The van der Waals surface area contributed by atoms with Crippen molar-refractivity contribution in [2.24, 2.45) is 0 Å². The fourth-order valence-electron chi connectivity index (χ4n) is 2.95. The molecule has 0 N–H and O–H groups in total. The molecule has 6 heteroatoms. The summed E-state index contributed by atoms with van der Waals surface area (Å²) < 4.78 is 5.00. The molecule has 0 atom stereocenters. The van der Waals surface area contributed by atoms with E-state index in [-0.39, 0.29) is 12.1 Å². The van der Waals surface area contributed by atoms with Crippen molar-refractivity contribution in [3.05, 3.63) is 35.9 Å². The lowest BCUT2D eigenvalue weighted by molar-refractivity contribution is 0.0801. The van der Waals surface area contributed by atoms with Crippen molar-refractivity contribution in [2.45, 2.75) is 26.2 Å². The SMILES string of the molecule is CCOC(=O)N1CCN(C(=O)N(C)CCCCc2ccccc2)CC1. The Morgan fingerprint density at radius 2 is 1.68 bits per heavy atom. The molecular weight excluding hydrogens is 318 g/mol. The summed E-state index contributed by atoms with van der Waals surface area (Å²) in [5, 5.41) is 0. The van der Waals surface area contributed by atoms with Crippen molar-refractivity contribution in [1.82, 2.24) is 14.7 Å². The molecule has 0 aliphatic carbocycles. The van der Waals surface area contributed by atoms with Gasteiger partial charge in [-0.15, -0.1) is 0 Å². The molecule has 2 rings (SSSR count). The molecule has 25 heavy (non-hydrogen) atoms. The minimum atomic E-state index is -0.288. The molecule has 1 aromatic carbocycles. The van der Waals surface area contributed by atoms with Crippen molar-refractivity contribution < 1.29 is 14.3 Å². The van der Waals surface area contributed by atoms with Crippen LogP contribution in [0.4, 0.5) is 9.59 Å². The lowest BCUT2D eigenvalue weighted by Crippen LogP contribution is -2.53. The van der Waals surface area contributed by atoms with Crippen LogP contribution in [0.25, 0.3) is 0 Å². The molecule has 1 aliphatic heterocycles. The van der Waals surface area contributed by atoms with E-state index in [0.29, 0.717) is 32.8 Å². The maximum absolute atomic E-state index is 12.5. The summed E-state index contributed by atoms with van der Waals surface area (Å²) in [7, 11) is 1.85. The van der Waals surface area contributed by atoms with Gasteiger partial charge < -0.3 is 19.4 Å². The quantitative estimate of drug-likeness (QED) is 0.744. The lowest BCUT2D eigenvalue weighted by atomic mass is 10.1. The second-order valence-corrected chi connectivity index (χ2v) is 6.32. The van der Waals surface area contributed by atoms with Gasteiger partial charge in [0.1, 0.15) is 0 Å². The Bertz CT molecular complexity index is 542. The third-order valence-electron chi connectivity index (χ3n) is 4.45. The Labute approximate surface area is 150 Å². The topological polar surface area (TPSA) is 53.1 Å². The molecule has 1 aromatic rings. The summed E-state index contributed by atoms with van der Waals surface area (Å²) in [6, 6.07) is 10.5. The summed E-state index contributed by atoms with van der Waals surface area (Å²) in [6.45, 7) is 5.12. The Morgan fingerprint density at radius 1 is 1.04 bits per heavy atom. The number of hydrogen-bond acceptors (Lipinski definition) is 3. The van der Waals surface area contributed by atoms with Crippen LogP contribution >= 0.6 is 0 Å². The number of carbonyl (C=O) groups excluding carboxylic acids is 2. The fraction of sp³-hybridized carbons (Fsp3) is 0.579. The van der Waals surface area contributed by atoms with Gasteiger partial charge in [-0.25, -0.2) is 9.59 Å². The van der Waals surface area contributed by atoms with Crippen molar-refractivity contribution in [2.75, 3.05) is 46.4 Å². The minimum absolute atomic E-state index is 0.0446. The first-order chi connectivity index (χ1) is 12.1. The highest BCUT2D eigenvalue weighted by atomic mass is 16.6. The second-order valence-electron chi connectivity index (χ2n) is 6.32. The van der Waals surface area contributed by atoms with E-state index in [1.54, 1.807) is 16.7 Å². The van der Waals surface area contributed by atoms with E-state index in [1.807, 2.05) is 18.0 Å². The number of unbranched alkanes of at least 4 members (excludes halogenated alkanes) is 1. The van der Waals surface area contributed by atoms with Gasteiger partial charge in [0.15, 0.2) is 0 Å². The predicted molar refractivity (Wildman–Crippen MR) is 97.6 cm³/mol. The van der Waals surface area contributed by atoms with E-state index in [9.17, 15) is 9.59 Å². The molecule has 3 amide bonds. The summed E-state index contributed by atoms with van der Waals surface area (Å²) >= 11 is 0. The zero-order chi connectivity index (χ0) is 18.1. The van der Waals surface area contributed by atoms with Crippen LogP contribution in [0.1, 0.15) is 25.3 Å². The molecule has 0 radical (unpaired) electrons. The van der Waals surface area contributed by atoms with E-state index in [1.165, 1.54) is 5.56 Å². The van der Waals surface area contributed by atoms with Crippen LogP contribution in [0.5, 0.6) is 0 Å².